The smallest absolute Gasteiger partial charge is 0.288 e. The summed E-state index contributed by atoms with van der Waals surface area (Å²) in [6, 6.07) is 8.26. The molecule has 1 aliphatic heterocycles. The van der Waals surface area contributed by atoms with Crippen LogP contribution in [0.2, 0.25) is 0 Å². The summed E-state index contributed by atoms with van der Waals surface area (Å²) in [5.74, 6) is 1.37. The fourth-order valence-corrected chi connectivity index (χ4v) is 3.30. The molecule has 0 aliphatic carbocycles. The molecule has 6 heteroatoms. The maximum atomic E-state index is 5.68. The third-order valence-electron chi connectivity index (χ3n) is 4.48. The Hall–Kier alpha value is -1.66. The molecule has 0 saturated carbocycles. The fraction of sp³-hybridized carbons (Fsp3) is 0.529. The Morgan fingerprint density at radius 3 is 2.78 bits per heavy atom. The molecule has 23 heavy (non-hydrogen) atoms. The van der Waals surface area contributed by atoms with E-state index in [0.717, 1.165) is 24.3 Å². The van der Waals surface area contributed by atoms with E-state index in [1.54, 1.807) is 11.8 Å². The van der Waals surface area contributed by atoms with Gasteiger partial charge in [-0.05, 0) is 55.7 Å². The molecule has 124 valence electrons. The van der Waals surface area contributed by atoms with Gasteiger partial charge in [0.15, 0.2) is 0 Å². The molecule has 0 amide bonds. The van der Waals surface area contributed by atoms with Crippen molar-refractivity contribution in [2.45, 2.75) is 45.3 Å². The molecule has 3 rings (SSSR count). The maximum absolute atomic E-state index is 5.68. The van der Waals surface area contributed by atoms with Gasteiger partial charge in [0.2, 0.25) is 5.89 Å². The Balaban J connectivity index is 1.78. The van der Waals surface area contributed by atoms with Gasteiger partial charge in [-0.2, -0.15) is 0 Å². The zero-order valence-electron chi connectivity index (χ0n) is 13.7. The number of rotatable bonds is 5. The summed E-state index contributed by atoms with van der Waals surface area (Å²) in [5.41, 5.74) is 0.904. The number of methoxy groups -OCH3 is 1. The summed E-state index contributed by atoms with van der Waals surface area (Å²) >= 11 is 5.35. The van der Waals surface area contributed by atoms with Gasteiger partial charge >= 0.3 is 0 Å². The van der Waals surface area contributed by atoms with Crippen LogP contribution in [0.15, 0.2) is 28.7 Å². The minimum Gasteiger partial charge on any atom is -0.497 e. The van der Waals surface area contributed by atoms with Crippen molar-refractivity contribution >= 4 is 12.2 Å². The van der Waals surface area contributed by atoms with Gasteiger partial charge in [0.05, 0.1) is 13.8 Å². The van der Waals surface area contributed by atoms with Crippen LogP contribution in [0.3, 0.4) is 0 Å². The Morgan fingerprint density at radius 2 is 2.09 bits per heavy atom. The van der Waals surface area contributed by atoms with Crippen molar-refractivity contribution in [3.63, 3.8) is 0 Å². The van der Waals surface area contributed by atoms with E-state index in [1.165, 1.54) is 19.3 Å². The standard InChI is InChI=1S/C17H23N3O2S/c1-3-14-6-4-5-11-19(14)12-20-17(23)22-16(18-20)13-7-9-15(21-2)10-8-13/h7-10,14H,3-6,11-12H2,1-2H3/t14-/m1/s1. The second kappa shape index (κ2) is 7.27. The van der Waals surface area contributed by atoms with Crippen LogP contribution in [0.5, 0.6) is 5.75 Å². The molecular formula is C17H23N3O2S. The average molecular weight is 333 g/mol. The van der Waals surface area contributed by atoms with Crippen LogP contribution >= 0.6 is 12.2 Å². The van der Waals surface area contributed by atoms with Crippen LogP contribution in [-0.2, 0) is 6.67 Å². The zero-order chi connectivity index (χ0) is 16.2. The molecule has 0 bridgehead atoms. The molecular weight excluding hydrogens is 310 g/mol. The van der Waals surface area contributed by atoms with E-state index in [-0.39, 0.29) is 0 Å². The summed E-state index contributed by atoms with van der Waals surface area (Å²) in [6.45, 7) is 4.05. The van der Waals surface area contributed by atoms with Crippen LogP contribution in [-0.4, -0.2) is 34.4 Å². The highest BCUT2D eigenvalue weighted by Gasteiger charge is 2.22. The van der Waals surface area contributed by atoms with Crippen molar-refractivity contribution in [3.8, 4) is 17.2 Å². The first-order valence-electron chi connectivity index (χ1n) is 8.17. The quantitative estimate of drug-likeness (QED) is 0.771. The molecule has 1 aromatic carbocycles. The number of likely N-dealkylation sites (tertiary alicyclic amines) is 1. The number of hydrogen-bond acceptors (Lipinski definition) is 5. The SMILES string of the molecule is CC[C@@H]1CCCCN1Cn1nc(-c2ccc(OC)cc2)oc1=S. The first-order chi connectivity index (χ1) is 11.2. The average Bonchev–Trinajstić information content (AvgIpc) is 2.96. The largest absolute Gasteiger partial charge is 0.497 e. The van der Waals surface area contributed by atoms with E-state index in [1.807, 2.05) is 24.3 Å². The normalized spacial score (nSPS) is 19.0. The highest BCUT2D eigenvalue weighted by molar-refractivity contribution is 7.71. The Bertz CT molecular complexity index is 693. The third-order valence-corrected chi connectivity index (χ3v) is 4.77. The van der Waals surface area contributed by atoms with Crippen molar-refractivity contribution in [2.75, 3.05) is 13.7 Å². The lowest BCUT2D eigenvalue weighted by molar-refractivity contribution is 0.0994. The van der Waals surface area contributed by atoms with E-state index in [4.69, 9.17) is 21.4 Å². The van der Waals surface area contributed by atoms with E-state index in [0.29, 0.717) is 23.4 Å². The molecule has 1 saturated heterocycles. The second-order valence-corrected chi connectivity index (χ2v) is 6.26. The van der Waals surface area contributed by atoms with Gasteiger partial charge in [-0.15, -0.1) is 5.10 Å². The maximum Gasteiger partial charge on any atom is 0.288 e. The van der Waals surface area contributed by atoms with Crippen molar-refractivity contribution in [1.82, 2.24) is 14.7 Å². The van der Waals surface area contributed by atoms with Crippen LogP contribution in [0.4, 0.5) is 0 Å². The molecule has 0 N–H and O–H groups in total. The Kier molecular flexibility index (Phi) is 5.13. The lowest BCUT2D eigenvalue weighted by atomic mass is 10.0. The van der Waals surface area contributed by atoms with Crippen LogP contribution < -0.4 is 4.74 Å². The van der Waals surface area contributed by atoms with Gasteiger partial charge in [0.25, 0.3) is 4.84 Å². The Morgan fingerprint density at radius 1 is 1.30 bits per heavy atom. The Labute approximate surface area is 141 Å². The molecule has 0 unspecified atom stereocenters. The van der Waals surface area contributed by atoms with Gasteiger partial charge < -0.3 is 9.15 Å². The minimum atomic E-state index is 0.427. The molecule has 2 aromatic rings. The monoisotopic (exact) mass is 333 g/mol. The van der Waals surface area contributed by atoms with Crippen molar-refractivity contribution in [1.29, 1.82) is 0 Å². The molecule has 0 radical (unpaired) electrons. The summed E-state index contributed by atoms with van der Waals surface area (Å²) in [6.07, 6.45) is 4.98. The van der Waals surface area contributed by atoms with Crippen LogP contribution in [0.1, 0.15) is 32.6 Å². The number of hydrogen-bond donors (Lipinski definition) is 0. The minimum absolute atomic E-state index is 0.427. The number of benzene rings is 1. The van der Waals surface area contributed by atoms with Crippen molar-refractivity contribution in [3.05, 3.63) is 29.1 Å². The van der Waals surface area contributed by atoms with Gasteiger partial charge in [-0.25, -0.2) is 4.68 Å². The second-order valence-electron chi connectivity index (χ2n) is 5.91. The summed E-state index contributed by atoms with van der Waals surface area (Å²) in [4.78, 5) is 2.89. The molecule has 1 atom stereocenters. The molecule has 5 nitrogen and oxygen atoms in total. The summed E-state index contributed by atoms with van der Waals surface area (Å²) in [7, 11) is 1.65. The lowest BCUT2D eigenvalue weighted by Crippen LogP contribution is -2.40. The first kappa shape index (κ1) is 16.2. The lowest BCUT2D eigenvalue weighted by Gasteiger charge is -2.34. The van der Waals surface area contributed by atoms with Crippen molar-refractivity contribution < 1.29 is 9.15 Å². The van der Waals surface area contributed by atoms with Crippen LogP contribution in [0, 0.1) is 4.84 Å². The first-order valence-corrected chi connectivity index (χ1v) is 8.58. The zero-order valence-corrected chi connectivity index (χ0v) is 14.5. The predicted octanol–water partition coefficient (Wildman–Crippen LogP) is 4.10. The highest BCUT2D eigenvalue weighted by Crippen LogP contribution is 2.23. The number of ether oxygens (including phenoxy) is 1. The van der Waals surface area contributed by atoms with Gasteiger partial charge in [0, 0.05) is 18.2 Å². The molecule has 0 spiro atoms. The topological polar surface area (TPSA) is 43.4 Å². The third kappa shape index (κ3) is 3.64. The molecule has 1 aliphatic rings. The van der Waals surface area contributed by atoms with E-state index in [2.05, 4.69) is 16.9 Å². The van der Waals surface area contributed by atoms with Gasteiger partial charge in [-0.3, -0.25) is 4.90 Å². The van der Waals surface area contributed by atoms with Gasteiger partial charge in [0.1, 0.15) is 5.75 Å². The number of piperidine rings is 1. The number of aromatic nitrogens is 2. The molecule has 1 fully saturated rings. The summed E-state index contributed by atoms with van der Waals surface area (Å²) < 4.78 is 12.7. The number of nitrogens with zero attached hydrogens (tertiary/aromatic N) is 3. The highest BCUT2D eigenvalue weighted by atomic mass is 32.1. The van der Waals surface area contributed by atoms with Crippen LogP contribution in [0.25, 0.3) is 11.5 Å². The van der Waals surface area contributed by atoms with E-state index >= 15 is 0 Å². The van der Waals surface area contributed by atoms with E-state index < -0.39 is 0 Å². The van der Waals surface area contributed by atoms with E-state index in [9.17, 15) is 0 Å². The molecule has 2 heterocycles. The van der Waals surface area contributed by atoms with Gasteiger partial charge in [-0.1, -0.05) is 13.3 Å². The molecule has 1 aromatic heterocycles. The predicted molar refractivity (Wildman–Crippen MR) is 92.0 cm³/mol. The summed E-state index contributed by atoms with van der Waals surface area (Å²) in [5, 5.41) is 4.56. The fourth-order valence-electron chi connectivity index (χ4n) is 3.13. The van der Waals surface area contributed by atoms with Crippen molar-refractivity contribution in [2.24, 2.45) is 0 Å².